The van der Waals surface area contributed by atoms with E-state index in [1.54, 1.807) is 0 Å². The van der Waals surface area contributed by atoms with Gasteiger partial charge in [-0.25, -0.2) is 0 Å². The third-order valence-corrected chi connectivity index (χ3v) is 2.74. The second-order valence-corrected chi connectivity index (χ2v) is 4.83. The van der Waals surface area contributed by atoms with E-state index in [0.717, 1.165) is 18.7 Å². The fourth-order valence-corrected chi connectivity index (χ4v) is 1.63. The van der Waals surface area contributed by atoms with Gasteiger partial charge in [0.1, 0.15) is 0 Å². The van der Waals surface area contributed by atoms with Gasteiger partial charge < -0.3 is 10.6 Å². The van der Waals surface area contributed by atoms with E-state index >= 15 is 0 Å². The zero-order valence-corrected chi connectivity index (χ0v) is 11.6. The summed E-state index contributed by atoms with van der Waals surface area (Å²) in [5, 5.41) is 7.07. The molecule has 0 bridgehead atoms. The molecule has 0 aromatic carbocycles. The van der Waals surface area contributed by atoms with Gasteiger partial charge in [0.2, 0.25) is 0 Å². The van der Waals surface area contributed by atoms with E-state index in [9.17, 15) is 0 Å². The lowest BCUT2D eigenvalue weighted by molar-refractivity contribution is 0.618. The summed E-state index contributed by atoms with van der Waals surface area (Å²) < 4.78 is 0. The SMILES string of the molecule is CCc1cccnc1CNC(=S)NCC(C)C. The van der Waals surface area contributed by atoms with Gasteiger partial charge >= 0.3 is 0 Å². The molecular weight excluding hydrogens is 230 g/mol. The van der Waals surface area contributed by atoms with E-state index in [1.807, 2.05) is 12.3 Å². The lowest BCUT2D eigenvalue weighted by Gasteiger charge is -2.13. The number of nitrogens with zero attached hydrogens (tertiary/aromatic N) is 1. The molecule has 0 radical (unpaired) electrons. The van der Waals surface area contributed by atoms with E-state index in [4.69, 9.17) is 12.2 Å². The smallest absolute Gasteiger partial charge is 0.166 e. The highest BCUT2D eigenvalue weighted by Gasteiger charge is 2.02. The van der Waals surface area contributed by atoms with Gasteiger partial charge in [-0.2, -0.15) is 0 Å². The van der Waals surface area contributed by atoms with Crippen molar-refractivity contribution in [2.24, 2.45) is 5.92 Å². The first-order valence-corrected chi connectivity index (χ1v) is 6.48. The Kier molecular flexibility index (Phi) is 5.91. The minimum atomic E-state index is 0.593. The minimum Gasteiger partial charge on any atom is -0.362 e. The first-order chi connectivity index (χ1) is 8.13. The monoisotopic (exact) mass is 251 g/mol. The van der Waals surface area contributed by atoms with Crippen LogP contribution in [0.3, 0.4) is 0 Å². The van der Waals surface area contributed by atoms with E-state index in [0.29, 0.717) is 17.6 Å². The van der Waals surface area contributed by atoms with E-state index in [-0.39, 0.29) is 0 Å². The highest BCUT2D eigenvalue weighted by molar-refractivity contribution is 7.80. The standard InChI is InChI=1S/C13H21N3S/c1-4-11-6-5-7-14-12(11)9-16-13(17)15-8-10(2)3/h5-7,10H,4,8-9H2,1-3H3,(H2,15,16,17). The van der Waals surface area contributed by atoms with Crippen molar-refractivity contribution < 1.29 is 0 Å². The van der Waals surface area contributed by atoms with Crippen LogP contribution in [0.1, 0.15) is 32.0 Å². The number of rotatable bonds is 5. The predicted molar refractivity (Wildman–Crippen MR) is 75.9 cm³/mol. The normalized spacial score (nSPS) is 10.4. The number of hydrogen-bond donors (Lipinski definition) is 2. The molecule has 3 nitrogen and oxygen atoms in total. The molecule has 0 unspecified atom stereocenters. The Morgan fingerprint density at radius 3 is 2.82 bits per heavy atom. The van der Waals surface area contributed by atoms with E-state index < -0.39 is 0 Å². The number of nitrogens with one attached hydrogen (secondary N) is 2. The van der Waals surface area contributed by atoms with Gasteiger partial charge in [-0.05, 0) is 36.2 Å². The van der Waals surface area contributed by atoms with Crippen LogP contribution in [0.25, 0.3) is 0 Å². The van der Waals surface area contributed by atoms with Crippen LogP contribution in [-0.2, 0) is 13.0 Å². The van der Waals surface area contributed by atoms with Crippen LogP contribution in [0.2, 0.25) is 0 Å². The van der Waals surface area contributed by atoms with Crippen LogP contribution < -0.4 is 10.6 Å². The third-order valence-electron chi connectivity index (χ3n) is 2.45. The molecule has 2 N–H and O–H groups in total. The first kappa shape index (κ1) is 13.9. The Labute approximate surface area is 109 Å². The molecule has 4 heteroatoms. The molecule has 0 aliphatic heterocycles. The zero-order valence-electron chi connectivity index (χ0n) is 10.8. The van der Waals surface area contributed by atoms with Crippen molar-refractivity contribution in [3.8, 4) is 0 Å². The van der Waals surface area contributed by atoms with Crippen LogP contribution in [-0.4, -0.2) is 16.6 Å². The van der Waals surface area contributed by atoms with Gasteiger partial charge in [0.25, 0.3) is 0 Å². The van der Waals surface area contributed by atoms with Crippen molar-refractivity contribution in [3.05, 3.63) is 29.6 Å². The molecular formula is C13H21N3S. The number of hydrogen-bond acceptors (Lipinski definition) is 2. The zero-order chi connectivity index (χ0) is 12.7. The van der Waals surface area contributed by atoms with E-state index in [2.05, 4.69) is 42.5 Å². The average molecular weight is 251 g/mol. The number of pyridine rings is 1. The molecule has 0 spiro atoms. The summed E-state index contributed by atoms with van der Waals surface area (Å²) in [6.07, 6.45) is 2.82. The van der Waals surface area contributed by atoms with Crippen molar-refractivity contribution in [3.63, 3.8) is 0 Å². The number of thiocarbonyl (C=S) groups is 1. The molecule has 17 heavy (non-hydrogen) atoms. The fraction of sp³-hybridized carbons (Fsp3) is 0.538. The Morgan fingerprint density at radius 1 is 1.41 bits per heavy atom. The van der Waals surface area contributed by atoms with Crippen LogP contribution in [0.15, 0.2) is 18.3 Å². The highest BCUT2D eigenvalue weighted by Crippen LogP contribution is 2.05. The van der Waals surface area contributed by atoms with Crippen molar-refractivity contribution in [1.29, 1.82) is 0 Å². The fourth-order valence-electron chi connectivity index (χ4n) is 1.48. The Hall–Kier alpha value is -1.16. The van der Waals surface area contributed by atoms with Crippen LogP contribution in [0, 0.1) is 5.92 Å². The average Bonchev–Trinajstić information content (AvgIpc) is 2.34. The summed E-state index contributed by atoms with van der Waals surface area (Å²) in [4.78, 5) is 4.37. The molecule has 0 atom stereocenters. The summed E-state index contributed by atoms with van der Waals surface area (Å²) in [7, 11) is 0. The lowest BCUT2D eigenvalue weighted by atomic mass is 10.1. The summed E-state index contributed by atoms with van der Waals surface area (Å²) in [5.74, 6) is 0.593. The Balaban J connectivity index is 2.42. The second kappa shape index (κ2) is 7.22. The molecule has 1 aromatic rings. The van der Waals surface area contributed by atoms with Gasteiger partial charge in [-0.3, -0.25) is 4.98 Å². The summed E-state index contributed by atoms with van der Waals surface area (Å²) in [5.41, 5.74) is 2.34. The molecule has 0 saturated heterocycles. The summed E-state index contributed by atoms with van der Waals surface area (Å²) in [6.45, 7) is 8.03. The highest BCUT2D eigenvalue weighted by atomic mass is 32.1. The predicted octanol–water partition coefficient (Wildman–Crippen LogP) is 2.26. The molecule has 1 rings (SSSR count). The topological polar surface area (TPSA) is 37.0 Å². The first-order valence-electron chi connectivity index (χ1n) is 6.08. The molecule has 0 aliphatic carbocycles. The summed E-state index contributed by atoms with van der Waals surface area (Å²) in [6, 6.07) is 4.08. The largest absolute Gasteiger partial charge is 0.362 e. The van der Waals surface area contributed by atoms with Gasteiger partial charge in [0, 0.05) is 12.7 Å². The van der Waals surface area contributed by atoms with Gasteiger partial charge in [0.05, 0.1) is 12.2 Å². The Morgan fingerprint density at radius 2 is 2.18 bits per heavy atom. The molecule has 0 saturated carbocycles. The minimum absolute atomic E-state index is 0.593. The van der Waals surface area contributed by atoms with Gasteiger partial charge in [0.15, 0.2) is 5.11 Å². The van der Waals surface area contributed by atoms with Crippen molar-refractivity contribution in [1.82, 2.24) is 15.6 Å². The summed E-state index contributed by atoms with van der Waals surface area (Å²) >= 11 is 5.20. The maximum Gasteiger partial charge on any atom is 0.166 e. The van der Waals surface area contributed by atoms with Gasteiger partial charge in [-0.15, -0.1) is 0 Å². The molecule has 1 aromatic heterocycles. The molecule has 1 heterocycles. The van der Waals surface area contributed by atoms with Crippen LogP contribution >= 0.6 is 12.2 Å². The maximum atomic E-state index is 5.20. The molecule has 94 valence electrons. The number of aryl methyl sites for hydroxylation is 1. The van der Waals surface area contributed by atoms with Crippen LogP contribution in [0.5, 0.6) is 0 Å². The van der Waals surface area contributed by atoms with Crippen molar-refractivity contribution in [2.75, 3.05) is 6.54 Å². The second-order valence-electron chi connectivity index (χ2n) is 4.42. The van der Waals surface area contributed by atoms with Crippen molar-refractivity contribution >= 4 is 17.3 Å². The number of aromatic nitrogens is 1. The molecule has 0 amide bonds. The Bertz CT molecular complexity index is 363. The quantitative estimate of drug-likeness (QED) is 0.787. The van der Waals surface area contributed by atoms with Gasteiger partial charge in [-0.1, -0.05) is 26.8 Å². The maximum absolute atomic E-state index is 5.20. The van der Waals surface area contributed by atoms with E-state index in [1.165, 1.54) is 5.56 Å². The lowest BCUT2D eigenvalue weighted by Crippen LogP contribution is -2.37. The molecule has 0 fully saturated rings. The third kappa shape index (κ3) is 5.13. The van der Waals surface area contributed by atoms with Crippen LogP contribution in [0.4, 0.5) is 0 Å². The molecule has 0 aliphatic rings. The van der Waals surface area contributed by atoms with Crippen molar-refractivity contribution in [2.45, 2.75) is 33.7 Å².